The van der Waals surface area contributed by atoms with Gasteiger partial charge in [0.1, 0.15) is 4.70 Å². The van der Waals surface area contributed by atoms with Crippen LogP contribution in [0.2, 0.25) is 0 Å². The van der Waals surface area contributed by atoms with Crippen molar-refractivity contribution in [1.82, 2.24) is 0 Å². The van der Waals surface area contributed by atoms with E-state index >= 15 is 0 Å². The van der Waals surface area contributed by atoms with Crippen LogP contribution in [0, 0.1) is 6.92 Å². The van der Waals surface area contributed by atoms with Gasteiger partial charge in [-0.3, -0.25) is 4.84 Å². The molecule has 0 aliphatic carbocycles. The molecule has 0 aliphatic heterocycles. The van der Waals surface area contributed by atoms with E-state index in [4.69, 9.17) is 14.3 Å². The van der Waals surface area contributed by atoms with Crippen LogP contribution in [0.3, 0.4) is 0 Å². The van der Waals surface area contributed by atoms with Crippen molar-refractivity contribution in [1.29, 1.82) is 0 Å². The Morgan fingerprint density at radius 2 is 2.10 bits per heavy atom. The first-order valence-corrected chi connectivity index (χ1v) is 7.73. The van der Waals surface area contributed by atoms with Crippen LogP contribution in [0.4, 0.5) is 0 Å². The number of para-hydroxylation sites is 1. The lowest BCUT2D eigenvalue weighted by molar-refractivity contribution is -0.874. The summed E-state index contributed by atoms with van der Waals surface area (Å²) in [5, 5.41) is 1.12. The average molecular weight is 296 g/mol. The molecule has 5 heteroatoms. The number of fused-ring (bicyclic) bond motifs is 1. The molecule has 0 N–H and O–H groups in total. The number of methoxy groups -OCH3 is 1. The molecular formula is C15H22NO3S+. The third-order valence-corrected chi connectivity index (χ3v) is 4.18. The Bertz CT molecular complexity index is 567. The van der Waals surface area contributed by atoms with Gasteiger partial charge in [-0.15, -0.1) is 0 Å². The Hall–Kier alpha value is -1.17. The van der Waals surface area contributed by atoms with Crippen LogP contribution in [0.5, 0.6) is 0 Å². The highest BCUT2D eigenvalue weighted by Crippen LogP contribution is 2.22. The third-order valence-electron chi connectivity index (χ3n) is 3.17. The number of rotatable bonds is 7. The average Bonchev–Trinajstić information content (AvgIpc) is 2.79. The van der Waals surface area contributed by atoms with Crippen molar-refractivity contribution in [3.8, 4) is 0 Å². The van der Waals surface area contributed by atoms with Gasteiger partial charge in [0.05, 0.1) is 0 Å². The Kier molecular flexibility index (Phi) is 5.34. The van der Waals surface area contributed by atoms with E-state index in [0.29, 0.717) is 13.2 Å². The lowest BCUT2D eigenvalue weighted by Crippen LogP contribution is -2.48. The monoisotopic (exact) mass is 296 g/mol. The molecule has 0 aliphatic rings. The van der Waals surface area contributed by atoms with E-state index in [1.807, 2.05) is 11.7 Å². The van der Waals surface area contributed by atoms with Crippen molar-refractivity contribution in [2.24, 2.45) is 0 Å². The quantitative estimate of drug-likeness (QED) is 0.581. The Labute approximate surface area is 123 Å². The summed E-state index contributed by atoms with van der Waals surface area (Å²) in [6, 6.07) is 6.37. The normalized spacial score (nSPS) is 12.8. The molecule has 1 atom stereocenters. The van der Waals surface area contributed by atoms with Crippen LogP contribution in [0.15, 0.2) is 18.2 Å². The number of nitrogens with zero attached hydrogens (tertiary/aromatic N) is 1. The van der Waals surface area contributed by atoms with Crippen molar-refractivity contribution < 1.29 is 19.0 Å². The van der Waals surface area contributed by atoms with Gasteiger partial charge in [-0.05, 0) is 19.4 Å². The number of hydrogen-bond donors (Lipinski definition) is 0. The number of thiazole rings is 1. The van der Waals surface area contributed by atoms with Gasteiger partial charge in [0.15, 0.2) is 6.29 Å². The number of aromatic nitrogens is 1. The molecule has 1 unspecified atom stereocenters. The maximum atomic E-state index is 5.92. The molecule has 0 fully saturated rings. The summed E-state index contributed by atoms with van der Waals surface area (Å²) in [4.78, 5) is 5.92. The smallest absolute Gasteiger partial charge is 0.286 e. The maximum absolute atomic E-state index is 5.92. The molecular weight excluding hydrogens is 274 g/mol. The van der Waals surface area contributed by atoms with Gasteiger partial charge in [-0.1, -0.05) is 30.4 Å². The van der Waals surface area contributed by atoms with E-state index in [-0.39, 0.29) is 6.29 Å². The first kappa shape index (κ1) is 15.2. The van der Waals surface area contributed by atoms with Crippen molar-refractivity contribution in [3.63, 3.8) is 0 Å². The van der Waals surface area contributed by atoms with Crippen molar-refractivity contribution in [2.45, 2.75) is 33.5 Å². The zero-order chi connectivity index (χ0) is 14.5. The molecule has 0 saturated carbocycles. The Balaban J connectivity index is 2.27. The molecule has 0 radical (unpaired) electrons. The molecule has 110 valence electrons. The topological polar surface area (TPSA) is 31.6 Å². The minimum Gasteiger partial charge on any atom is -0.352 e. The zero-order valence-electron chi connectivity index (χ0n) is 12.5. The van der Waals surface area contributed by atoms with E-state index in [2.05, 4.69) is 32.0 Å². The molecule has 1 aromatic heterocycles. The standard InChI is InChI=1S/C15H22NO3S/c1-5-12-8-7-9-13-15(12)16(11(3)20-13)19-10-14(17-4)18-6-2/h7-9,14H,5-6,10H2,1-4H3/q+1. The van der Waals surface area contributed by atoms with Gasteiger partial charge >= 0.3 is 0 Å². The number of aryl methyl sites for hydroxylation is 2. The number of hydrogen-bond acceptors (Lipinski definition) is 4. The molecule has 0 spiro atoms. The van der Waals surface area contributed by atoms with Crippen LogP contribution >= 0.6 is 11.3 Å². The molecule has 1 heterocycles. The molecule has 0 amide bonds. The highest BCUT2D eigenvalue weighted by atomic mass is 32.1. The van der Waals surface area contributed by atoms with Gasteiger partial charge in [0.2, 0.25) is 6.61 Å². The molecule has 2 rings (SSSR count). The molecule has 20 heavy (non-hydrogen) atoms. The van der Waals surface area contributed by atoms with Crippen LogP contribution in [-0.2, 0) is 15.9 Å². The van der Waals surface area contributed by atoms with E-state index in [1.54, 1.807) is 18.4 Å². The van der Waals surface area contributed by atoms with E-state index in [0.717, 1.165) is 16.9 Å². The SMILES string of the molecule is CCOC(CO[n+]1c(C)sc2cccc(CC)c21)OC. The van der Waals surface area contributed by atoms with Gasteiger partial charge in [-0.2, -0.15) is 0 Å². The second-order valence-electron chi connectivity index (χ2n) is 4.45. The summed E-state index contributed by atoms with van der Waals surface area (Å²) in [6.07, 6.45) is 0.645. The summed E-state index contributed by atoms with van der Waals surface area (Å²) in [5.74, 6) is 0. The van der Waals surface area contributed by atoms with Gasteiger partial charge in [0, 0.05) is 30.9 Å². The van der Waals surface area contributed by atoms with Gasteiger partial charge < -0.3 is 9.47 Å². The summed E-state index contributed by atoms with van der Waals surface area (Å²) >= 11 is 1.74. The van der Waals surface area contributed by atoms with Crippen LogP contribution in [0.1, 0.15) is 24.4 Å². The maximum Gasteiger partial charge on any atom is 0.286 e. The van der Waals surface area contributed by atoms with Crippen LogP contribution in [-0.4, -0.2) is 26.6 Å². The second-order valence-corrected chi connectivity index (χ2v) is 5.68. The third kappa shape index (κ3) is 3.11. The predicted molar refractivity (Wildman–Crippen MR) is 80.0 cm³/mol. The second kappa shape index (κ2) is 7.02. The van der Waals surface area contributed by atoms with E-state index < -0.39 is 0 Å². The first-order valence-electron chi connectivity index (χ1n) is 6.92. The van der Waals surface area contributed by atoms with Crippen LogP contribution < -0.4 is 9.57 Å². The summed E-state index contributed by atoms with van der Waals surface area (Å²) in [5.41, 5.74) is 2.45. The minimum absolute atomic E-state index is 0.337. The predicted octanol–water partition coefficient (Wildman–Crippen LogP) is 2.50. The lowest BCUT2D eigenvalue weighted by Gasteiger charge is -2.12. The van der Waals surface area contributed by atoms with E-state index in [9.17, 15) is 0 Å². The Morgan fingerprint density at radius 3 is 2.75 bits per heavy atom. The fourth-order valence-electron chi connectivity index (χ4n) is 2.18. The summed E-state index contributed by atoms with van der Waals surface area (Å²) < 4.78 is 13.8. The highest BCUT2D eigenvalue weighted by Gasteiger charge is 2.23. The van der Waals surface area contributed by atoms with Crippen LogP contribution in [0.25, 0.3) is 10.2 Å². The largest absolute Gasteiger partial charge is 0.352 e. The fourth-order valence-corrected chi connectivity index (χ4v) is 3.19. The molecule has 4 nitrogen and oxygen atoms in total. The van der Waals surface area contributed by atoms with Crippen molar-refractivity contribution in [3.05, 3.63) is 28.8 Å². The number of benzene rings is 1. The number of ether oxygens (including phenoxy) is 2. The van der Waals surface area contributed by atoms with Crippen molar-refractivity contribution in [2.75, 3.05) is 20.3 Å². The first-order chi connectivity index (χ1) is 9.71. The lowest BCUT2D eigenvalue weighted by atomic mass is 10.1. The molecule has 2 aromatic rings. The summed E-state index contributed by atoms with van der Waals surface area (Å²) in [7, 11) is 1.63. The molecule has 0 saturated heterocycles. The minimum atomic E-state index is -0.337. The zero-order valence-corrected chi connectivity index (χ0v) is 13.3. The molecule has 1 aromatic carbocycles. The fraction of sp³-hybridized carbons (Fsp3) is 0.533. The van der Waals surface area contributed by atoms with Gasteiger partial charge in [0.25, 0.3) is 10.5 Å². The molecule has 0 bridgehead atoms. The highest BCUT2D eigenvalue weighted by molar-refractivity contribution is 7.18. The van der Waals surface area contributed by atoms with E-state index in [1.165, 1.54) is 10.3 Å². The van der Waals surface area contributed by atoms with Crippen molar-refractivity contribution >= 4 is 21.6 Å². The summed E-state index contributed by atoms with van der Waals surface area (Å²) in [6.45, 7) is 7.15. The van der Waals surface area contributed by atoms with Gasteiger partial charge in [-0.25, -0.2) is 0 Å². The Morgan fingerprint density at radius 1 is 1.30 bits per heavy atom.